The zero-order chi connectivity index (χ0) is 14.7. The van der Waals surface area contributed by atoms with Gasteiger partial charge in [-0.25, -0.2) is 4.98 Å². The summed E-state index contributed by atoms with van der Waals surface area (Å²) in [4.78, 5) is 18.1. The van der Waals surface area contributed by atoms with E-state index in [0.29, 0.717) is 10.7 Å². The lowest BCUT2D eigenvalue weighted by Gasteiger charge is -2.20. The van der Waals surface area contributed by atoms with Crippen LogP contribution in [-0.4, -0.2) is 29.6 Å². The number of hydrogen-bond acceptors (Lipinski definition) is 3. The van der Waals surface area contributed by atoms with Crippen molar-refractivity contribution in [3.05, 3.63) is 41.9 Å². The SMILES string of the molecule is CC(C(=O)Nc1cc(Cl)ccc1N(C)C)n1ccnc1. The molecule has 6 heteroatoms. The van der Waals surface area contributed by atoms with Gasteiger partial charge in [-0.05, 0) is 25.1 Å². The predicted octanol–water partition coefficient (Wildman–Crippen LogP) is 2.80. The second kappa shape index (κ2) is 5.96. The van der Waals surface area contributed by atoms with E-state index in [2.05, 4.69) is 10.3 Å². The van der Waals surface area contributed by atoms with Gasteiger partial charge >= 0.3 is 0 Å². The van der Waals surface area contributed by atoms with Crippen molar-refractivity contribution >= 4 is 28.9 Å². The molecule has 1 heterocycles. The standard InChI is InChI=1S/C14H17ClN4O/c1-10(19-7-6-16-9-19)14(20)17-12-8-11(15)4-5-13(12)18(2)3/h4-10H,1-3H3,(H,17,20). The van der Waals surface area contributed by atoms with Crippen LogP contribution in [0.15, 0.2) is 36.9 Å². The fourth-order valence-electron chi connectivity index (χ4n) is 1.87. The fraction of sp³-hybridized carbons (Fsp3) is 0.286. The largest absolute Gasteiger partial charge is 0.376 e. The van der Waals surface area contributed by atoms with E-state index in [-0.39, 0.29) is 11.9 Å². The van der Waals surface area contributed by atoms with E-state index < -0.39 is 0 Å². The molecule has 0 spiro atoms. The number of hydrogen-bond donors (Lipinski definition) is 1. The highest BCUT2D eigenvalue weighted by Gasteiger charge is 2.16. The monoisotopic (exact) mass is 292 g/mol. The van der Waals surface area contributed by atoms with Crippen LogP contribution in [0.25, 0.3) is 0 Å². The van der Waals surface area contributed by atoms with Crippen molar-refractivity contribution < 1.29 is 4.79 Å². The number of aromatic nitrogens is 2. The van der Waals surface area contributed by atoms with E-state index in [1.54, 1.807) is 35.4 Å². The molecule has 1 aromatic carbocycles. The van der Waals surface area contributed by atoms with E-state index in [9.17, 15) is 4.79 Å². The van der Waals surface area contributed by atoms with Crippen LogP contribution in [0.3, 0.4) is 0 Å². The maximum atomic E-state index is 12.3. The molecule has 0 bridgehead atoms. The number of nitrogens with zero attached hydrogens (tertiary/aromatic N) is 3. The van der Waals surface area contributed by atoms with Gasteiger partial charge in [0.25, 0.3) is 0 Å². The number of benzene rings is 1. The average molecular weight is 293 g/mol. The first-order valence-corrected chi connectivity index (χ1v) is 6.62. The van der Waals surface area contributed by atoms with Crippen molar-refractivity contribution in [1.82, 2.24) is 9.55 Å². The first-order chi connectivity index (χ1) is 9.49. The topological polar surface area (TPSA) is 50.2 Å². The molecule has 1 aromatic heterocycles. The molecule has 1 N–H and O–H groups in total. The van der Waals surface area contributed by atoms with Crippen molar-refractivity contribution in [3.8, 4) is 0 Å². The first kappa shape index (κ1) is 14.4. The Morgan fingerprint density at radius 2 is 2.20 bits per heavy atom. The maximum absolute atomic E-state index is 12.3. The number of anilines is 2. The molecule has 106 valence electrons. The van der Waals surface area contributed by atoms with Crippen molar-refractivity contribution in [1.29, 1.82) is 0 Å². The van der Waals surface area contributed by atoms with Gasteiger partial charge in [-0.15, -0.1) is 0 Å². The number of carbonyl (C=O) groups is 1. The Morgan fingerprint density at radius 1 is 1.45 bits per heavy atom. The molecule has 0 aliphatic carbocycles. The predicted molar refractivity (Wildman–Crippen MR) is 81.3 cm³/mol. The zero-order valence-corrected chi connectivity index (χ0v) is 12.4. The van der Waals surface area contributed by atoms with Gasteiger partial charge < -0.3 is 14.8 Å². The lowest BCUT2D eigenvalue weighted by molar-refractivity contribution is -0.118. The summed E-state index contributed by atoms with van der Waals surface area (Å²) < 4.78 is 1.75. The third-order valence-corrected chi connectivity index (χ3v) is 3.28. The Hall–Kier alpha value is -2.01. The minimum Gasteiger partial charge on any atom is -0.376 e. The molecule has 0 fully saturated rings. The van der Waals surface area contributed by atoms with Crippen molar-refractivity contribution in [3.63, 3.8) is 0 Å². The Kier molecular flexibility index (Phi) is 4.29. The molecule has 0 saturated heterocycles. The fourth-order valence-corrected chi connectivity index (χ4v) is 2.04. The van der Waals surface area contributed by atoms with E-state index >= 15 is 0 Å². The summed E-state index contributed by atoms with van der Waals surface area (Å²) in [6, 6.07) is 5.08. The Labute approximate surface area is 123 Å². The highest BCUT2D eigenvalue weighted by molar-refractivity contribution is 6.31. The smallest absolute Gasteiger partial charge is 0.247 e. The molecular formula is C14H17ClN4O. The normalized spacial score (nSPS) is 12.0. The Bertz CT molecular complexity index is 595. The first-order valence-electron chi connectivity index (χ1n) is 6.24. The molecule has 1 unspecified atom stereocenters. The maximum Gasteiger partial charge on any atom is 0.247 e. The van der Waals surface area contributed by atoms with E-state index in [4.69, 9.17) is 11.6 Å². The average Bonchev–Trinajstić information content (AvgIpc) is 2.91. The summed E-state index contributed by atoms with van der Waals surface area (Å²) in [5.74, 6) is -0.117. The molecule has 2 aromatic rings. The summed E-state index contributed by atoms with van der Waals surface area (Å²) in [5.41, 5.74) is 1.60. The van der Waals surface area contributed by atoms with Crippen LogP contribution in [0, 0.1) is 0 Å². The number of carbonyl (C=O) groups excluding carboxylic acids is 1. The number of nitrogens with one attached hydrogen (secondary N) is 1. The summed E-state index contributed by atoms with van der Waals surface area (Å²) >= 11 is 6.00. The minimum atomic E-state index is -0.341. The third kappa shape index (κ3) is 3.11. The van der Waals surface area contributed by atoms with Gasteiger partial charge in [0.05, 0.1) is 17.7 Å². The van der Waals surface area contributed by atoms with Crippen LogP contribution in [0.4, 0.5) is 11.4 Å². The second-order valence-corrected chi connectivity index (χ2v) is 5.17. The number of rotatable bonds is 4. The number of amides is 1. The molecule has 20 heavy (non-hydrogen) atoms. The lowest BCUT2D eigenvalue weighted by Crippen LogP contribution is -2.24. The summed E-state index contributed by atoms with van der Waals surface area (Å²) in [7, 11) is 3.83. The highest BCUT2D eigenvalue weighted by Crippen LogP contribution is 2.28. The molecular weight excluding hydrogens is 276 g/mol. The number of imidazole rings is 1. The molecule has 0 saturated carbocycles. The zero-order valence-electron chi connectivity index (χ0n) is 11.7. The van der Waals surface area contributed by atoms with Crippen LogP contribution in [-0.2, 0) is 4.79 Å². The van der Waals surface area contributed by atoms with Crippen LogP contribution in [0.2, 0.25) is 5.02 Å². The molecule has 1 amide bonds. The summed E-state index contributed by atoms with van der Waals surface area (Å²) in [6.07, 6.45) is 5.03. The summed E-state index contributed by atoms with van der Waals surface area (Å²) in [5, 5.41) is 3.49. The van der Waals surface area contributed by atoms with Crippen molar-refractivity contribution in [2.24, 2.45) is 0 Å². The molecule has 0 aliphatic rings. The molecule has 0 aliphatic heterocycles. The van der Waals surface area contributed by atoms with Crippen molar-refractivity contribution in [2.45, 2.75) is 13.0 Å². The van der Waals surface area contributed by atoms with Crippen LogP contribution in [0.5, 0.6) is 0 Å². The van der Waals surface area contributed by atoms with Crippen LogP contribution in [0.1, 0.15) is 13.0 Å². The third-order valence-electron chi connectivity index (χ3n) is 3.05. The van der Waals surface area contributed by atoms with Gasteiger partial charge in [-0.2, -0.15) is 0 Å². The molecule has 2 rings (SSSR count). The summed E-state index contributed by atoms with van der Waals surface area (Å²) in [6.45, 7) is 1.82. The van der Waals surface area contributed by atoms with E-state index in [0.717, 1.165) is 5.69 Å². The van der Waals surface area contributed by atoms with Gasteiger partial charge in [0.1, 0.15) is 6.04 Å². The molecule has 5 nitrogen and oxygen atoms in total. The lowest BCUT2D eigenvalue weighted by atomic mass is 10.2. The van der Waals surface area contributed by atoms with Crippen LogP contribution >= 0.6 is 11.6 Å². The van der Waals surface area contributed by atoms with Gasteiger partial charge in [-0.3, -0.25) is 4.79 Å². The quantitative estimate of drug-likeness (QED) is 0.943. The molecule has 1 atom stereocenters. The van der Waals surface area contributed by atoms with Crippen LogP contribution < -0.4 is 10.2 Å². The number of halogens is 1. The Balaban J connectivity index is 2.21. The van der Waals surface area contributed by atoms with Crippen molar-refractivity contribution in [2.75, 3.05) is 24.3 Å². The van der Waals surface area contributed by atoms with E-state index in [1.165, 1.54) is 0 Å². The Morgan fingerprint density at radius 3 is 2.80 bits per heavy atom. The highest BCUT2D eigenvalue weighted by atomic mass is 35.5. The molecule has 0 radical (unpaired) electrons. The van der Waals surface area contributed by atoms with E-state index in [1.807, 2.05) is 32.0 Å². The van der Waals surface area contributed by atoms with Gasteiger partial charge in [0.15, 0.2) is 0 Å². The minimum absolute atomic E-state index is 0.117. The second-order valence-electron chi connectivity index (χ2n) is 4.73. The van der Waals surface area contributed by atoms with Gasteiger partial charge in [0.2, 0.25) is 5.91 Å². The van der Waals surface area contributed by atoms with Gasteiger partial charge in [0, 0.05) is 31.5 Å². The van der Waals surface area contributed by atoms with Gasteiger partial charge in [-0.1, -0.05) is 11.6 Å².